The number of likely N-dealkylation sites (tertiary alicyclic amines) is 1. The average molecular weight is 651 g/mol. The monoisotopic (exact) mass is 650 g/mol. The van der Waals surface area contributed by atoms with Crippen LogP contribution in [0.5, 0.6) is 5.75 Å². The Bertz CT molecular complexity index is 1850. The molecule has 234 valence electrons. The Hall–Kier alpha value is -4.14. The third kappa shape index (κ3) is 5.40. The van der Waals surface area contributed by atoms with Crippen LogP contribution in [-0.2, 0) is 26.8 Å². The lowest BCUT2D eigenvalue weighted by atomic mass is 9.68. The van der Waals surface area contributed by atoms with E-state index in [4.69, 9.17) is 16.3 Å². The van der Waals surface area contributed by atoms with E-state index in [9.17, 15) is 27.7 Å². The summed E-state index contributed by atoms with van der Waals surface area (Å²) in [6.07, 6.45) is 2.80. The molecule has 45 heavy (non-hydrogen) atoms. The molecule has 12 heteroatoms. The maximum Gasteiger partial charge on any atom is 0.264 e. The summed E-state index contributed by atoms with van der Waals surface area (Å²) in [5.74, 6) is -0.513. The predicted molar refractivity (Wildman–Crippen MR) is 166 cm³/mol. The molecule has 1 N–H and O–H groups in total. The molecule has 0 radical (unpaired) electrons. The first-order valence-electron chi connectivity index (χ1n) is 14.7. The number of amides is 2. The number of hydrogen-bond acceptors (Lipinski definition) is 6. The summed E-state index contributed by atoms with van der Waals surface area (Å²) in [7, 11) is -2.74. The number of rotatable bonds is 7. The number of carbonyl (C=O) groups is 2. The van der Waals surface area contributed by atoms with Crippen LogP contribution >= 0.6 is 11.6 Å². The predicted octanol–water partition coefficient (Wildman–Crippen LogP) is 5.16. The van der Waals surface area contributed by atoms with Crippen molar-refractivity contribution in [3.63, 3.8) is 0 Å². The summed E-state index contributed by atoms with van der Waals surface area (Å²) in [6, 6.07) is 14.9. The highest BCUT2D eigenvalue weighted by Gasteiger charge is 2.60. The van der Waals surface area contributed by atoms with Gasteiger partial charge in [0.25, 0.3) is 15.9 Å². The van der Waals surface area contributed by atoms with Crippen LogP contribution in [0, 0.1) is 23.1 Å². The first kappa shape index (κ1) is 30.9. The number of sulfonamides is 1. The quantitative estimate of drug-likeness (QED) is 0.377. The number of anilines is 1. The summed E-state index contributed by atoms with van der Waals surface area (Å²) in [5.41, 5.74) is 1.65. The van der Waals surface area contributed by atoms with E-state index in [0.29, 0.717) is 42.7 Å². The Kier molecular flexibility index (Phi) is 8.00. The molecule has 1 unspecified atom stereocenters. The van der Waals surface area contributed by atoms with E-state index in [-0.39, 0.29) is 45.5 Å². The highest BCUT2D eigenvalue weighted by Crippen LogP contribution is 2.59. The van der Waals surface area contributed by atoms with Gasteiger partial charge in [0.1, 0.15) is 17.6 Å². The van der Waals surface area contributed by atoms with Crippen LogP contribution in [0.1, 0.15) is 59.7 Å². The van der Waals surface area contributed by atoms with E-state index in [1.165, 1.54) is 54.7 Å². The van der Waals surface area contributed by atoms with Crippen LogP contribution in [0.2, 0.25) is 5.02 Å². The molecule has 3 aliphatic rings. The fourth-order valence-corrected chi connectivity index (χ4v) is 8.97. The summed E-state index contributed by atoms with van der Waals surface area (Å²) in [5, 5.41) is 12.7. The number of nitrogens with zero attached hydrogens (tertiary/aromatic N) is 3. The summed E-state index contributed by atoms with van der Waals surface area (Å²) < 4.78 is 49.3. The molecule has 2 aliphatic heterocycles. The summed E-state index contributed by atoms with van der Waals surface area (Å²) >= 11 is 6.16. The van der Waals surface area contributed by atoms with Gasteiger partial charge in [-0.25, -0.2) is 12.8 Å². The molecule has 1 spiro atoms. The van der Waals surface area contributed by atoms with Gasteiger partial charge in [0.15, 0.2) is 0 Å². The van der Waals surface area contributed by atoms with E-state index in [1.54, 1.807) is 23.1 Å². The van der Waals surface area contributed by atoms with E-state index in [2.05, 4.69) is 5.32 Å². The molecule has 1 saturated heterocycles. The van der Waals surface area contributed by atoms with Gasteiger partial charge >= 0.3 is 0 Å². The van der Waals surface area contributed by atoms with Gasteiger partial charge in [0.2, 0.25) is 5.91 Å². The van der Waals surface area contributed by atoms with Crippen LogP contribution in [-0.4, -0.2) is 51.4 Å². The minimum Gasteiger partial charge on any atom is -0.495 e. The number of benzene rings is 3. The molecule has 9 nitrogen and oxygen atoms in total. The van der Waals surface area contributed by atoms with Gasteiger partial charge < -0.3 is 15.0 Å². The SMILES string of the molecule is COc1ccc(S(=O)(=O)N2c3ccc(C(=O)NCc4ccc(F)cc4Cl)cc3C3(CCN(C(C)=O)CC3)C2C2CC2)cc1C#N. The molecule has 2 fully saturated rings. The zero-order valence-electron chi connectivity index (χ0n) is 24.8. The number of fused-ring (bicyclic) bond motifs is 2. The minimum absolute atomic E-state index is 0.0207. The molecule has 6 rings (SSSR count). The molecule has 1 atom stereocenters. The third-order valence-electron chi connectivity index (χ3n) is 9.32. The standard InChI is InChI=1S/C33H32ClFN4O5S/c1-20(40)38-13-11-33(12-14-38)27-16-22(32(41)37-19-23-5-7-25(35)17-28(23)34)6-9-29(27)39(31(33)21-3-4-21)45(42,43)26-8-10-30(44-2)24(15-26)18-36/h5-10,15-17,21,31H,3-4,11-14,19H2,1-2H3,(H,37,41). The van der Waals surface area contributed by atoms with Gasteiger partial charge in [-0.1, -0.05) is 17.7 Å². The van der Waals surface area contributed by atoms with Crippen molar-refractivity contribution in [1.82, 2.24) is 10.2 Å². The van der Waals surface area contributed by atoms with Crippen LogP contribution in [0.25, 0.3) is 0 Å². The van der Waals surface area contributed by atoms with Crippen LogP contribution in [0.4, 0.5) is 10.1 Å². The maximum atomic E-state index is 14.5. The second kappa shape index (κ2) is 11.7. The summed E-state index contributed by atoms with van der Waals surface area (Å²) in [6.45, 7) is 2.54. The molecule has 3 aromatic rings. The normalized spacial score (nSPS) is 18.8. The fraction of sp³-hybridized carbons (Fsp3) is 0.364. The minimum atomic E-state index is -4.16. The molecule has 2 amide bonds. The van der Waals surface area contributed by atoms with E-state index >= 15 is 0 Å². The second-order valence-electron chi connectivity index (χ2n) is 11.9. The van der Waals surface area contributed by atoms with Crippen LogP contribution in [0.3, 0.4) is 0 Å². The largest absolute Gasteiger partial charge is 0.495 e. The number of hydrogen-bond donors (Lipinski definition) is 1. The topological polar surface area (TPSA) is 120 Å². The molecule has 2 heterocycles. The Morgan fingerprint density at radius 3 is 2.47 bits per heavy atom. The van der Waals surface area contributed by atoms with Crippen LogP contribution in [0.15, 0.2) is 59.5 Å². The number of nitrogens with one attached hydrogen (secondary N) is 1. The number of piperidine rings is 1. The first-order chi connectivity index (χ1) is 21.5. The molecule has 0 aromatic heterocycles. The van der Waals surface area contributed by atoms with Gasteiger partial charge in [-0.05, 0) is 91.3 Å². The third-order valence-corrected chi connectivity index (χ3v) is 11.5. The lowest BCUT2D eigenvalue weighted by Crippen LogP contribution is -2.54. The van der Waals surface area contributed by atoms with Gasteiger partial charge in [-0.15, -0.1) is 0 Å². The molecular formula is C33H32ClFN4O5S. The molecule has 1 saturated carbocycles. The molecular weight excluding hydrogens is 619 g/mol. The van der Waals surface area contributed by atoms with Crippen LogP contribution < -0.4 is 14.4 Å². The van der Waals surface area contributed by atoms with Gasteiger partial charge in [0, 0.05) is 42.6 Å². The van der Waals surface area contributed by atoms with Crippen molar-refractivity contribution in [1.29, 1.82) is 5.26 Å². The highest BCUT2D eigenvalue weighted by atomic mass is 35.5. The second-order valence-corrected chi connectivity index (χ2v) is 14.1. The lowest BCUT2D eigenvalue weighted by Gasteiger charge is -2.45. The molecule has 3 aromatic carbocycles. The average Bonchev–Trinajstić information content (AvgIpc) is 3.83. The Labute approximate surface area is 266 Å². The smallest absolute Gasteiger partial charge is 0.264 e. The van der Waals surface area contributed by atoms with Gasteiger partial charge in [-0.2, -0.15) is 5.26 Å². The van der Waals surface area contributed by atoms with Crippen molar-refractivity contribution in [3.05, 3.63) is 87.7 Å². The van der Waals surface area contributed by atoms with E-state index in [1.807, 2.05) is 6.07 Å². The zero-order valence-corrected chi connectivity index (χ0v) is 26.4. The number of ether oxygens (including phenoxy) is 1. The number of methoxy groups -OCH3 is 1. The van der Waals surface area contributed by atoms with Crippen molar-refractivity contribution in [2.24, 2.45) is 5.92 Å². The lowest BCUT2D eigenvalue weighted by molar-refractivity contribution is -0.130. The van der Waals surface area contributed by atoms with Crippen molar-refractivity contribution in [3.8, 4) is 11.8 Å². The van der Waals surface area contributed by atoms with Crippen molar-refractivity contribution in [2.75, 3.05) is 24.5 Å². The van der Waals surface area contributed by atoms with E-state index < -0.39 is 27.3 Å². The summed E-state index contributed by atoms with van der Waals surface area (Å²) in [4.78, 5) is 27.4. The Balaban J connectivity index is 1.42. The maximum absolute atomic E-state index is 14.5. The molecule has 0 bridgehead atoms. The van der Waals surface area contributed by atoms with Crippen molar-refractivity contribution in [2.45, 2.75) is 55.5 Å². The van der Waals surface area contributed by atoms with Crippen molar-refractivity contribution >= 4 is 39.1 Å². The Morgan fingerprint density at radius 2 is 1.84 bits per heavy atom. The fourth-order valence-electron chi connectivity index (χ4n) is 6.91. The Morgan fingerprint density at radius 1 is 1.11 bits per heavy atom. The van der Waals surface area contributed by atoms with Crippen molar-refractivity contribution < 1.29 is 27.1 Å². The highest BCUT2D eigenvalue weighted by molar-refractivity contribution is 7.93. The number of nitriles is 1. The zero-order chi connectivity index (χ0) is 32.1. The molecule has 1 aliphatic carbocycles. The van der Waals surface area contributed by atoms with E-state index in [0.717, 1.165) is 18.4 Å². The number of halogens is 2. The number of carbonyl (C=O) groups excluding carboxylic acids is 2. The first-order valence-corrected chi connectivity index (χ1v) is 16.6. The van der Waals surface area contributed by atoms with Gasteiger partial charge in [0.05, 0.1) is 29.3 Å². The van der Waals surface area contributed by atoms with Gasteiger partial charge in [-0.3, -0.25) is 13.9 Å².